The molecular weight excluding hydrogens is 154 g/mol. The maximum absolute atomic E-state index is 5.46. The van der Waals surface area contributed by atoms with Gasteiger partial charge >= 0.3 is 0 Å². The molecule has 1 heterocycles. The number of anilines is 1. The Morgan fingerprint density at radius 2 is 2.56 bits per heavy atom. The lowest BCUT2D eigenvalue weighted by atomic mass is 10.4. The van der Waals surface area contributed by atoms with Gasteiger partial charge in [0.15, 0.2) is 0 Å². The smallest absolute Gasteiger partial charge is 0.0921 e. The fourth-order valence-corrected chi connectivity index (χ4v) is 1.65. The third-order valence-electron chi connectivity index (χ3n) is 1.09. The summed E-state index contributed by atoms with van der Waals surface area (Å²) in [5.41, 5.74) is 1.26. The average molecular weight is 162 g/mol. The maximum atomic E-state index is 5.46. The first kappa shape index (κ1) is 6.90. The van der Waals surface area contributed by atoms with Gasteiger partial charge in [0.2, 0.25) is 0 Å². The molecule has 1 aromatic rings. The highest BCUT2D eigenvalue weighted by atomic mass is 35.5. The predicted octanol–water partition coefficient (Wildman–Crippen LogP) is 2.66. The highest BCUT2D eigenvalue weighted by Gasteiger charge is 1.94. The van der Waals surface area contributed by atoms with E-state index >= 15 is 0 Å². The molecule has 0 aliphatic carbocycles. The largest absolute Gasteiger partial charge is 0.363 e. The minimum absolute atomic E-state index is 0.487. The summed E-state index contributed by atoms with van der Waals surface area (Å²) in [6.45, 7) is 2.06. The minimum atomic E-state index is 0.487. The van der Waals surface area contributed by atoms with Crippen LogP contribution in [0.25, 0.3) is 0 Å². The van der Waals surface area contributed by atoms with Crippen LogP contribution in [0, 0.1) is 6.92 Å². The van der Waals surface area contributed by atoms with E-state index in [1.54, 1.807) is 11.3 Å². The lowest BCUT2D eigenvalue weighted by molar-refractivity contribution is 1.44. The van der Waals surface area contributed by atoms with Gasteiger partial charge in [-0.25, -0.2) is 0 Å². The Labute approximate surface area is 63.7 Å². The zero-order chi connectivity index (χ0) is 6.69. The molecule has 0 saturated heterocycles. The zero-order valence-electron chi connectivity index (χ0n) is 5.15. The SMILES string of the molecule is Cc1ccsc1NCCl. The standard InChI is InChI=1S/C6H8ClNS/c1-5-2-3-9-6(5)8-4-7/h2-3,8H,4H2,1H3. The summed E-state index contributed by atoms with van der Waals surface area (Å²) in [4.78, 5) is 0. The summed E-state index contributed by atoms with van der Waals surface area (Å²) in [5, 5.41) is 6.26. The second kappa shape index (κ2) is 3.08. The summed E-state index contributed by atoms with van der Waals surface area (Å²) in [6, 6.07) is 2.56. The zero-order valence-corrected chi connectivity index (χ0v) is 6.72. The summed E-state index contributed by atoms with van der Waals surface area (Å²) < 4.78 is 0. The van der Waals surface area contributed by atoms with E-state index in [1.165, 1.54) is 10.6 Å². The van der Waals surface area contributed by atoms with Crippen molar-refractivity contribution in [1.29, 1.82) is 0 Å². The predicted molar refractivity (Wildman–Crippen MR) is 43.4 cm³/mol. The first-order valence-electron chi connectivity index (χ1n) is 2.68. The Morgan fingerprint density at radius 3 is 3.00 bits per heavy atom. The molecular formula is C6H8ClNS. The molecule has 0 saturated carbocycles. The molecule has 0 aliphatic heterocycles. The van der Waals surface area contributed by atoms with Crippen LogP contribution in [0.1, 0.15) is 5.56 Å². The van der Waals surface area contributed by atoms with Crippen molar-refractivity contribution in [2.24, 2.45) is 0 Å². The Kier molecular flexibility index (Phi) is 2.37. The molecule has 1 nitrogen and oxygen atoms in total. The van der Waals surface area contributed by atoms with E-state index in [9.17, 15) is 0 Å². The number of hydrogen-bond donors (Lipinski definition) is 1. The second-order valence-electron chi connectivity index (χ2n) is 1.74. The van der Waals surface area contributed by atoms with E-state index in [-0.39, 0.29) is 0 Å². The van der Waals surface area contributed by atoms with Gasteiger partial charge in [0.05, 0.1) is 11.0 Å². The summed E-state index contributed by atoms with van der Waals surface area (Å²) in [6.07, 6.45) is 0. The van der Waals surface area contributed by atoms with Crippen molar-refractivity contribution in [1.82, 2.24) is 0 Å². The lowest BCUT2D eigenvalue weighted by Crippen LogP contribution is -1.91. The minimum Gasteiger partial charge on any atom is -0.363 e. The number of hydrogen-bond acceptors (Lipinski definition) is 2. The number of halogens is 1. The second-order valence-corrected chi connectivity index (χ2v) is 2.93. The van der Waals surface area contributed by atoms with Gasteiger partial charge in [0.25, 0.3) is 0 Å². The van der Waals surface area contributed by atoms with Crippen molar-refractivity contribution in [2.75, 3.05) is 11.3 Å². The molecule has 0 amide bonds. The van der Waals surface area contributed by atoms with Crippen LogP contribution >= 0.6 is 22.9 Å². The van der Waals surface area contributed by atoms with Gasteiger partial charge in [-0.1, -0.05) is 0 Å². The first-order valence-corrected chi connectivity index (χ1v) is 4.10. The molecule has 1 aromatic heterocycles. The molecule has 1 rings (SSSR count). The Balaban J connectivity index is 2.69. The normalized spacial score (nSPS) is 9.56. The fourth-order valence-electron chi connectivity index (χ4n) is 0.615. The lowest BCUT2D eigenvalue weighted by Gasteiger charge is -1.96. The van der Waals surface area contributed by atoms with Crippen molar-refractivity contribution >= 4 is 27.9 Å². The number of aryl methyl sites for hydroxylation is 1. The van der Waals surface area contributed by atoms with Crippen LogP contribution in [0.2, 0.25) is 0 Å². The van der Waals surface area contributed by atoms with E-state index in [0.29, 0.717) is 6.00 Å². The van der Waals surface area contributed by atoms with Crippen LogP contribution in [0.4, 0.5) is 5.00 Å². The molecule has 1 N–H and O–H groups in total. The maximum Gasteiger partial charge on any atom is 0.0921 e. The Bertz CT molecular complexity index is 185. The number of alkyl halides is 1. The number of thiophene rings is 1. The summed E-state index contributed by atoms with van der Waals surface area (Å²) >= 11 is 7.14. The molecule has 9 heavy (non-hydrogen) atoms. The van der Waals surface area contributed by atoms with Crippen LogP contribution in [0.5, 0.6) is 0 Å². The molecule has 0 atom stereocenters. The molecule has 0 spiro atoms. The van der Waals surface area contributed by atoms with Crippen LogP contribution in [0.3, 0.4) is 0 Å². The average Bonchev–Trinajstić information content (AvgIpc) is 2.18. The summed E-state index contributed by atoms with van der Waals surface area (Å²) in [7, 11) is 0. The monoisotopic (exact) mass is 161 g/mol. The number of nitrogens with one attached hydrogen (secondary N) is 1. The molecule has 0 aliphatic rings. The third kappa shape index (κ3) is 1.60. The van der Waals surface area contributed by atoms with Crippen LogP contribution < -0.4 is 5.32 Å². The third-order valence-corrected chi connectivity index (χ3v) is 2.20. The van der Waals surface area contributed by atoms with Crippen molar-refractivity contribution < 1.29 is 0 Å². The Hall–Kier alpha value is -0.210. The molecule has 0 fully saturated rings. The molecule has 0 unspecified atom stereocenters. The highest BCUT2D eigenvalue weighted by molar-refractivity contribution is 7.14. The van der Waals surface area contributed by atoms with Crippen LogP contribution in [-0.2, 0) is 0 Å². The Morgan fingerprint density at radius 1 is 1.78 bits per heavy atom. The van der Waals surface area contributed by atoms with Crippen molar-refractivity contribution in [3.63, 3.8) is 0 Å². The van der Waals surface area contributed by atoms with Crippen LogP contribution in [0.15, 0.2) is 11.4 Å². The topological polar surface area (TPSA) is 12.0 Å². The molecule has 0 radical (unpaired) electrons. The van der Waals surface area contributed by atoms with E-state index < -0.39 is 0 Å². The van der Waals surface area contributed by atoms with Gasteiger partial charge in [0, 0.05) is 0 Å². The van der Waals surface area contributed by atoms with E-state index in [2.05, 4.69) is 18.3 Å². The van der Waals surface area contributed by atoms with Crippen molar-refractivity contribution in [2.45, 2.75) is 6.92 Å². The van der Waals surface area contributed by atoms with Crippen LogP contribution in [-0.4, -0.2) is 6.00 Å². The molecule has 3 heteroatoms. The van der Waals surface area contributed by atoms with E-state index in [1.807, 2.05) is 5.38 Å². The van der Waals surface area contributed by atoms with Crippen molar-refractivity contribution in [3.05, 3.63) is 17.0 Å². The van der Waals surface area contributed by atoms with E-state index in [4.69, 9.17) is 11.6 Å². The van der Waals surface area contributed by atoms with Gasteiger partial charge in [-0.05, 0) is 23.9 Å². The van der Waals surface area contributed by atoms with E-state index in [0.717, 1.165) is 0 Å². The van der Waals surface area contributed by atoms with Gasteiger partial charge in [-0.15, -0.1) is 22.9 Å². The van der Waals surface area contributed by atoms with Gasteiger partial charge in [-0.2, -0.15) is 0 Å². The van der Waals surface area contributed by atoms with Gasteiger partial charge < -0.3 is 5.32 Å². The molecule has 0 aromatic carbocycles. The quantitative estimate of drug-likeness (QED) is 0.520. The van der Waals surface area contributed by atoms with Gasteiger partial charge in [0.1, 0.15) is 0 Å². The van der Waals surface area contributed by atoms with Gasteiger partial charge in [-0.3, -0.25) is 0 Å². The molecule has 0 bridgehead atoms. The number of rotatable bonds is 2. The first-order chi connectivity index (χ1) is 4.34. The highest BCUT2D eigenvalue weighted by Crippen LogP contribution is 2.21. The molecule has 50 valence electrons. The fraction of sp³-hybridized carbons (Fsp3) is 0.333. The van der Waals surface area contributed by atoms with Crippen molar-refractivity contribution in [3.8, 4) is 0 Å². The summed E-state index contributed by atoms with van der Waals surface area (Å²) in [5.74, 6) is 0.